The third-order valence-electron chi connectivity index (χ3n) is 6.28. The van der Waals surface area contributed by atoms with Crippen LogP contribution in [0.4, 0.5) is 14.9 Å². The van der Waals surface area contributed by atoms with Crippen LogP contribution in [0.25, 0.3) is 6.08 Å². The second kappa shape index (κ2) is 12.2. The van der Waals surface area contributed by atoms with E-state index in [1.807, 2.05) is 30.3 Å². The van der Waals surface area contributed by atoms with E-state index in [0.29, 0.717) is 35.0 Å². The summed E-state index contributed by atoms with van der Waals surface area (Å²) in [5, 5.41) is 2.21. The number of methoxy groups -OCH3 is 1. The van der Waals surface area contributed by atoms with Gasteiger partial charge >= 0.3 is 6.03 Å². The number of anilines is 1. The summed E-state index contributed by atoms with van der Waals surface area (Å²) in [5.74, 6) is -0.766. The van der Waals surface area contributed by atoms with Crippen molar-refractivity contribution in [1.82, 2.24) is 5.32 Å². The summed E-state index contributed by atoms with van der Waals surface area (Å²) in [7, 11) is 1.44. The van der Waals surface area contributed by atoms with E-state index in [2.05, 4.69) is 5.32 Å². The normalized spacial score (nSPS) is 14.1. The molecule has 8 nitrogen and oxygen atoms in total. The van der Waals surface area contributed by atoms with E-state index in [4.69, 9.17) is 14.2 Å². The first kappa shape index (κ1) is 27.1. The third-order valence-corrected chi connectivity index (χ3v) is 6.28. The maximum Gasteiger partial charge on any atom is 0.335 e. The minimum absolute atomic E-state index is 0.0164. The number of nitrogens with one attached hydrogen (secondary N) is 1. The van der Waals surface area contributed by atoms with Crippen molar-refractivity contribution in [2.24, 2.45) is 0 Å². The minimum atomic E-state index is -0.857. The predicted octanol–water partition coefficient (Wildman–Crippen LogP) is 5.66. The van der Waals surface area contributed by atoms with Gasteiger partial charge in [-0.25, -0.2) is 14.1 Å². The van der Waals surface area contributed by atoms with Gasteiger partial charge in [-0.05, 0) is 59.7 Å². The van der Waals surface area contributed by atoms with E-state index in [0.717, 1.165) is 10.5 Å². The molecule has 1 aliphatic rings. The van der Waals surface area contributed by atoms with Gasteiger partial charge < -0.3 is 14.2 Å². The molecule has 5 rings (SSSR count). The molecule has 0 saturated carbocycles. The maximum absolute atomic E-state index is 14.0. The molecule has 41 heavy (non-hydrogen) atoms. The van der Waals surface area contributed by atoms with Crippen LogP contribution < -0.4 is 24.4 Å². The number of ether oxygens (including phenoxy) is 3. The predicted molar refractivity (Wildman–Crippen MR) is 150 cm³/mol. The van der Waals surface area contributed by atoms with Gasteiger partial charge in [-0.1, -0.05) is 54.6 Å². The highest BCUT2D eigenvalue weighted by Gasteiger charge is 2.36. The quantitative estimate of drug-likeness (QED) is 0.213. The van der Waals surface area contributed by atoms with E-state index in [-0.39, 0.29) is 23.7 Å². The summed E-state index contributed by atoms with van der Waals surface area (Å²) in [6, 6.07) is 26.2. The Labute approximate surface area is 235 Å². The zero-order chi connectivity index (χ0) is 28.8. The first-order chi connectivity index (χ1) is 19.9. The van der Waals surface area contributed by atoms with E-state index in [1.165, 1.54) is 19.3 Å². The van der Waals surface area contributed by atoms with Gasteiger partial charge in [0.25, 0.3) is 11.8 Å². The van der Waals surface area contributed by atoms with Crippen molar-refractivity contribution in [3.05, 3.63) is 125 Å². The first-order valence-electron chi connectivity index (χ1n) is 12.7. The summed E-state index contributed by atoms with van der Waals surface area (Å²) in [6.07, 6.45) is 1.36. The van der Waals surface area contributed by atoms with Gasteiger partial charge in [0.15, 0.2) is 11.5 Å². The molecule has 0 aromatic heterocycles. The summed E-state index contributed by atoms with van der Waals surface area (Å²) in [6.45, 7) is 0.346. The van der Waals surface area contributed by atoms with Gasteiger partial charge in [-0.2, -0.15) is 0 Å². The lowest BCUT2D eigenvalue weighted by molar-refractivity contribution is -0.122. The molecule has 206 valence electrons. The molecule has 1 heterocycles. The van der Waals surface area contributed by atoms with Crippen molar-refractivity contribution in [2.75, 3.05) is 12.0 Å². The molecule has 1 fully saturated rings. The molecule has 0 atom stereocenters. The molecule has 1 aliphatic heterocycles. The molecule has 1 saturated heterocycles. The number of carbonyl (C=O) groups excluding carboxylic acids is 3. The maximum atomic E-state index is 14.0. The zero-order valence-corrected chi connectivity index (χ0v) is 22.0. The van der Waals surface area contributed by atoms with Gasteiger partial charge in [-0.3, -0.25) is 14.9 Å². The van der Waals surface area contributed by atoms with E-state index < -0.39 is 17.8 Å². The number of hydrogen-bond acceptors (Lipinski definition) is 6. The number of benzene rings is 4. The summed E-state index contributed by atoms with van der Waals surface area (Å²) < 4.78 is 30.9. The van der Waals surface area contributed by atoms with Crippen LogP contribution >= 0.6 is 0 Å². The highest BCUT2D eigenvalue weighted by atomic mass is 19.1. The molecule has 0 bridgehead atoms. The minimum Gasteiger partial charge on any atom is -0.493 e. The Morgan fingerprint density at radius 3 is 2.27 bits per heavy atom. The third kappa shape index (κ3) is 6.25. The molecule has 4 aromatic rings. The van der Waals surface area contributed by atoms with Crippen LogP contribution in [0.3, 0.4) is 0 Å². The SMILES string of the molecule is COc1cc(/C=C2\C(=O)NC(=O)N(c3ccc(OCc4ccccc4)cc3)C2=O)ccc1OCc1ccccc1F. The van der Waals surface area contributed by atoms with Gasteiger partial charge in [0.1, 0.15) is 30.4 Å². The Balaban J connectivity index is 1.32. The molecule has 4 amide bonds. The average Bonchev–Trinajstić information content (AvgIpc) is 2.99. The summed E-state index contributed by atoms with van der Waals surface area (Å²) in [4.78, 5) is 39.4. The van der Waals surface area contributed by atoms with Gasteiger partial charge in [0.2, 0.25) is 0 Å². The van der Waals surface area contributed by atoms with Crippen molar-refractivity contribution in [2.45, 2.75) is 13.2 Å². The molecule has 4 aromatic carbocycles. The lowest BCUT2D eigenvalue weighted by Gasteiger charge is -2.26. The Morgan fingerprint density at radius 1 is 0.805 bits per heavy atom. The van der Waals surface area contributed by atoms with E-state index in [9.17, 15) is 18.8 Å². The number of rotatable bonds is 9. The van der Waals surface area contributed by atoms with E-state index in [1.54, 1.807) is 60.7 Å². The van der Waals surface area contributed by atoms with Crippen LogP contribution in [0.1, 0.15) is 16.7 Å². The molecular formula is C32H25FN2O6. The highest BCUT2D eigenvalue weighted by molar-refractivity contribution is 6.39. The fourth-order valence-electron chi connectivity index (χ4n) is 4.16. The number of halogens is 1. The van der Waals surface area contributed by atoms with Crippen LogP contribution in [0, 0.1) is 5.82 Å². The molecule has 0 unspecified atom stereocenters. The lowest BCUT2D eigenvalue weighted by atomic mass is 10.1. The van der Waals surface area contributed by atoms with Gasteiger partial charge in [-0.15, -0.1) is 0 Å². The summed E-state index contributed by atoms with van der Waals surface area (Å²) in [5.41, 5.74) is 1.86. The van der Waals surface area contributed by atoms with Crippen molar-refractivity contribution < 1.29 is 33.0 Å². The number of urea groups is 1. The number of carbonyl (C=O) groups is 3. The molecule has 0 spiro atoms. The van der Waals surface area contributed by atoms with Gasteiger partial charge in [0.05, 0.1) is 12.8 Å². The Bertz CT molecular complexity index is 1620. The second-order valence-corrected chi connectivity index (χ2v) is 9.02. The Morgan fingerprint density at radius 2 is 1.54 bits per heavy atom. The topological polar surface area (TPSA) is 94.2 Å². The second-order valence-electron chi connectivity index (χ2n) is 9.02. The van der Waals surface area contributed by atoms with Crippen LogP contribution in [0.5, 0.6) is 17.2 Å². The Hall–Kier alpha value is -5.44. The van der Waals surface area contributed by atoms with Crippen LogP contribution in [-0.2, 0) is 22.8 Å². The first-order valence-corrected chi connectivity index (χ1v) is 12.7. The molecular weight excluding hydrogens is 527 g/mol. The van der Waals surface area contributed by atoms with Crippen LogP contribution in [-0.4, -0.2) is 25.0 Å². The molecule has 9 heteroatoms. The fraction of sp³-hybridized carbons (Fsp3) is 0.0938. The number of hydrogen-bond donors (Lipinski definition) is 1. The van der Waals surface area contributed by atoms with Crippen molar-refractivity contribution >= 4 is 29.6 Å². The smallest absolute Gasteiger partial charge is 0.335 e. The zero-order valence-electron chi connectivity index (χ0n) is 22.0. The molecule has 0 aliphatic carbocycles. The molecule has 0 radical (unpaired) electrons. The average molecular weight is 553 g/mol. The number of barbiturate groups is 1. The standard InChI is InChI=1S/C32H25FN2O6/c1-39-29-18-22(11-16-28(29)41-20-23-9-5-6-10-27(23)33)17-26-30(36)34-32(38)35(31(26)37)24-12-14-25(15-13-24)40-19-21-7-3-2-4-8-21/h2-18H,19-20H2,1H3,(H,34,36,38)/b26-17+. The van der Waals surface area contributed by atoms with Crippen molar-refractivity contribution in [1.29, 1.82) is 0 Å². The fourth-order valence-corrected chi connectivity index (χ4v) is 4.16. The van der Waals surface area contributed by atoms with Crippen LogP contribution in [0.15, 0.2) is 103 Å². The molecule has 1 N–H and O–H groups in total. The van der Waals surface area contributed by atoms with Crippen LogP contribution in [0.2, 0.25) is 0 Å². The monoisotopic (exact) mass is 552 g/mol. The van der Waals surface area contributed by atoms with Crippen molar-refractivity contribution in [3.8, 4) is 17.2 Å². The van der Waals surface area contributed by atoms with Crippen molar-refractivity contribution in [3.63, 3.8) is 0 Å². The largest absolute Gasteiger partial charge is 0.493 e. The highest BCUT2D eigenvalue weighted by Crippen LogP contribution is 2.31. The number of imide groups is 2. The number of amides is 4. The van der Waals surface area contributed by atoms with Gasteiger partial charge in [0, 0.05) is 5.56 Å². The number of nitrogens with zero attached hydrogens (tertiary/aromatic N) is 1. The lowest BCUT2D eigenvalue weighted by Crippen LogP contribution is -2.54. The Kier molecular flexibility index (Phi) is 8.05. The summed E-state index contributed by atoms with van der Waals surface area (Å²) >= 11 is 0. The van der Waals surface area contributed by atoms with E-state index >= 15 is 0 Å².